The van der Waals surface area contributed by atoms with Crippen LogP contribution in [0, 0.1) is 11.3 Å². The van der Waals surface area contributed by atoms with Crippen molar-refractivity contribution in [3.8, 4) is 17.4 Å². The minimum absolute atomic E-state index is 0.110. The summed E-state index contributed by atoms with van der Waals surface area (Å²) in [6, 6.07) is 12.7. The first kappa shape index (κ1) is 19.0. The van der Waals surface area contributed by atoms with Crippen molar-refractivity contribution >= 4 is 12.0 Å². The Kier molecular flexibility index (Phi) is 5.36. The number of nitriles is 1. The molecule has 1 amide bonds. The third-order valence-corrected chi connectivity index (χ3v) is 3.76. The quantitative estimate of drug-likeness (QED) is 0.505. The van der Waals surface area contributed by atoms with E-state index in [1.54, 1.807) is 18.2 Å². The molecule has 3 rings (SSSR count). The van der Waals surface area contributed by atoms with Crippen molar-refractivity contribution < 1.29 is 26.8 Å². The van der Waals surface area contributed by atoms with Gasteiger partial charge in [-0.25, -0.2) is 0 Å². The van der Waals surface area contributed by atoms with Crippen molar-refractivity contribution in [2.75, 3.05) is 0 Å². The van der Waals surface area contributed by atoms with Gasteiger partial charge < -0.3 is 14.2 Å². The van der Waals surface area contributed by atoms with Gasteiger partial charge in [0.2, 0.25) is 0 Å². The average molecular weight is 386 g/mol. The Balaban J connectivity index is 1.77. The fourth-order valence-corrected chi connectivity index (χ4v) is 2.40. The largest absolute Gasteiger partial charge is 0.467 e. The molecule has 28 heavy (non-hydrogen) atoms. The zero-order valence-corrected chi connectivity index (χ0v) is 14.3. The van der Waals surface area contributed by atoms with E-state index < -0.39 is 17.6 Å². The van der Waals surface area contributed by atoms with E-state index in [-0.39, 0.29) is 29.2 Å². The standard InChI is InChI=1S/C20H13F3N2O3/c21-20(22,23)15-4-1-3-13(9-15)18-7-6-16(28-18)10-14(11-24)19(26)25-12-17-5-2-8-27-17/h1-10H,12H2,(H,25,26)/b14-10-. The highest BCUT2D eigenvalue weighted by Crippen LogP contribution is 2.32. The number of rotatable bonds is 5. The molecule has 0 aliphatic rings. The third kappa shape index (κ3) is 4.51. The predicted molar refractivity (Wildman–Crippen MR) is 93.3 cm³/mol. The van der Waals surface area contributed by atoms with Crippen LogP contribution >= 0.6 is 0 Å². The lowest BCUT2D eigenvalue weighted by Crippen LogP contribution is -2.23. The van der Waals surface area contributed by atoms with Crippen LogP contribution < -0.4 is 5.32 Å². The van der Waals surface area contributed by atoms with Gasteiger partial charge in [0.1, 0.15) is 28.9 Å². The summed E-state index contributed by atoms with van der Waals surface area (Å²) >= 11 is 0. The summed E-state index contributed by atoms with van der Waals surface area (Å²) < 4.78 is 49.1. The molecule has 142 valence electrons. The number of carbonyl (C=O) groups excluding carboxylic acids is 1. The normalized spacial score (nSPS) is 11.9. The summed E-state index contributed by atoms with van der Waals surface area (Å²) in [4.78, 5) is 12.1. The second-order valence-corrected chi connectivity index (χ2v) is 5.71. The molecule has 0 saturated carbocycles. The summed E-state index contributed by atoms with van der Waals surface area (Å²) in [6.07, 6.45) is -1.79. The Bertz CT molecular complexity index is 1040. The van der Waals surface area contributed by atoms with Gasteiger partial charge >= 0.3 is 6.18 Å². The van der Waals surface area contributed by atoms with Crippen molar-refractivity contribution in [3.05, 3.63) is 77.5 Å². The van der Waals surface area contributed by atoms with Crippen LogP contribution in [0.4, 0.5) is 13.2 Å². The number of hydrogen-bond donors (Lipinski definition) is 1. The first-order valence-corrected chi connectivity index (χ1v) is 8.06. The van der Waals surface area contributed by atoms with Crippen molar-refractivity contribution in [2.45, 2.75) is 12.7 Å². The van der Waals surface area contributed by atoms with Gasteiger partial charge in [0.05, 0.1) is 18.4 Å². The highest BCUT2D eigenvalue weighted by molar-refractivity contribution is 6.01. The van der Waals surface area contributed by atoms with Gasteiger partial charge in [-0.1, -0.05) is 12.1 Å². The molecule has 2 heterocycles. The van der Waals surface area contributed by atoms with E-state index in [2.05, 4.69) is 5.32 Å². The van der Waals surface area contributed by atoms with Gasteiger partial charge in [0, 0.05) is 11.6 Å². The van der Waals surface area contributed by atoms with Crippen LogP contribution in [0.5, 0.6) is 0 Å². The molecule has 5 nitrogen and oxygen atoms in total. The zero-order chi connectivity index (χ0) is 20.1. The molecule has 0 aliphatic heterocycles. The molecule has 0 bridgehead atoms. The Labute approximate surface area is 157 Å². The molecule has 0 atom stereocenters. The second-order valence-electron chi connectivity index (χ2n) is 5.71. The summed E-state index contributed by atoms with van der Waals surface area (Å²) in [6.45, 7) is 0.110. The van der Waals surface area contributed by atoms with Crippen molar-refractivity contribution in [2.24, 2.45) is 0 Å². The molecule has 3 aromatic rings. The number of nitrogens with one attached hydrogen (secondary N) is 1. The minimum Gasteiger partial charge on any atom is -0.467 e. The molecule has 0 unspecified atom stereocenters. The first-order chi connectivity index (χ1) is 13.4. The molecule has 0 fully saturated rings. The topological polar surface area (TPSA) is 79.2 Å². The highest BCUT2D eigenvalue weighted by Gasteiger charge is 2.30. The highest BCUT2D eigenvalue weighted by atomic mass is 19.4. The smallest absolute Gasteiger partial charge is 0.416 e. The molecule has 1 aromatic carbocycles. The summed E-state index contributed by atoms with van der Waals surface area (Å²) in [5.41, 5.74) is -0.778. The Morgan fingerprint density at radius 2 is 2.00 bits per heavy atom. The lowest BCUT2D eigenvalue weighted by Gasteiger charge is -2.07. The maximum Gasteiger partial charge on any atom is 0.416 e. The summed E-state index contributed by atoms with van der Waals surface area (Å²) in [7, 11) is 0. The number of benzene rings is 1. The van der Waals surface area contributed by atoms with Crippen LogP contribution in [0.1, 0.15) is 17.1 Å². The second kappa shape index (κ2) is 7.88. The van der Waals surface area contributed by atoms with Crippen LogP contribution in [-0.4, -0.2) is 5.91 Å². The fourth-order valence-electron chi connectivity index (χ4n) is 2.40. The molecule has 0 radical (unpaired) electrons. The van der Waals surface area contributed by atoms with E-state index in [1.165, 1.54) is 36.6 Å². The number of hydrogen-bond acceptors (Lipinski definition) is 4. The van der Waals surface area contributed by atoms with E-state index in [0.29, 0.717) is 5.76 Å². The lowest BCUT2D eigenvalue weighted by molar-refractivity contribution is -0.137. The number of nitrogens with zero attached hydrogens (tertiary/aromatic N) is 1. The van der Waals surface area contributed by atoms with Gasteiger partial charge in [-0.2, -0.15) is 18.4 Å². The van der Waals surface area contributed by atoms with Crippen molar-refractivity contribution in [1.82, 2.24) is 5.32 Å². The van der Waals surface area contributed by atoms with E-state index in [0.717, 1.165) is 12.1 Å². The monoisotopic (exact) mass is 386 g/mol. The van der Waals surface area contributed by atoms with Crippen molar-refractivity contribution in [1.29, 1.82) is 5.26 Å². The number of carbonyl (C=O) groups is 1. The third-order valence-electron chi connectivity index (χ3n) is 3.76. The Morgan fingerprint density at radius 3 is 2.68 bits per heavy atom. The number of halogens is 3. The number of furan rings is 2. The van der Waals surface area contributed by atoms with E-state index in [4.69, 9.17) is 8.83 Å². The maximum absolute atomic E-state index is 12.8. The van der Waals surface area contributed by atoms with Gasteiger partial charge in [-0.05, 0) is 36.4 Å². The average Bonchev–Trinajstić information content (AvgIpc) is 3.35. The molecule has 8 heteroatoms. The minimum atomic E-state index is -4.47. The van der Waals surface area contributed by atoms with Crippen molar-refractivity contribution in [3.63, 3.8) is 0 Å². The van der Waals surface area contributed by atoms with Crippen LogP contribution in [-0.2, 0) is 17.5 Å². The molecule has 0 saturated heterocycles. The van der Waals surface area contributed by atoms with Crippen LogP contribution in [0.2, 0.25) is 0 Å². The SMILES string of the molecule is N#C/C(=C/c1ccc(-c2cccc(C(F)(F)F)c2)o1)C(=O)NCc1ccco1. The molecule has 0 aliphatic carbocycles. The number of amides is 1. The van der Waals surface area contributed by atoms with E-state index in [1.807, 2.05) is 0 Å². The number of alkyl halides is 3. The van der Waals surface area contributed by atoms with Crippen LogP contribution in [0.15, 0.2) is 69.2 Å². The van der Waals surface area contributed by atoms with E-state index in [9.17, 15) is 23.2 Å². The maximum atomic E-state index is 12.8. The summed E-state index contributed by atoms with van der Waals surface area (Å²) in [5.74, 6) is 0.245. The Morgan fingerprint density at radius 1 is 1.18 bits per heavy atom. The van der Waals surface area contributed by atoms with Gasteiger partial charge in [-0.15, -0.1) is 0 Å². The molecule has 2 aromatic heterocycles. The zero-order valence-electron chi connectivity index (χ0n) is 14.3. The van der Waals surface area contributed by atoms with Gasteiger partial charge in [-0.3, -0.25) is 4.79 Å². The van der Waals surface area contributed by atoms with Gasteiger partial charge in [0.15, 0.2) is 0 Å². The molecule has 0 spiro atoms. The summed E-state index contributed by atoms with van der Waals surface area (Å²) in [5, 5.41) is 11.7. The van der Waals surface area contributed by atoms with Crippen LogP contribution in [0.25, 0.3) is 17.4 Å². The first-order valence-electron chi connectivity index (χ1n) is 8.06. The lowest BCUT2D eigenvalue weighted by atomic mass is 10.1. The molecule has 1 N–H and O–H groups in total. The molecular weight excluding hydrogens is 373 g/mol. The molecular formula is C20H13F3N2O3. The Hall–Kier alpha value is -3.73. The predicted octanol–water partition coefficient (Wildman–Crippen LogP) is 4.78. The van der Waals surface area contributed by atoms with E-state index >= 15 is 0 Å². The fraction of sp³-hybridized carbons (Fsp3) is 0.100. The van der Waals surface area contributed by atoms with Crippen LogP contribution in [0.3, 0.4) is 0 Å². The van der Waals surface area contributed by atoms with Gasteiger partial charge in [0.25, 0.3) is 5.91 Å².